The van der Waals surface area contributed by atoms with Crippen LogP contribution in [0.2, 0.25) is 0 Å². The van der Waals surface area contributed by atoms with Crippen LogP contribution in [0.4, 0.5) is 5.13 Å². The van der Waals surface area contributed by atoms with Crippen molar-refractivity contribution in [3.05, 3.63) is 10.6 Å². The average molecular weight is 269 g/mol. The molecular formula is C14H27N3S. The highest BCUT2D eigenvalue weighted by atomic mass is 32.1. The summed E-state index contributed by atoms with van der Waals surface area (Å²) in [5, 5.41) is 4.57. The molecule has 0 fully saturated rings. The normalized spacial score (nSPS) is 12.7. The third-order valence-electron chi connectivity index (χ3n) is 3.31. The number of nitrogens with one attached hydrogen (secondary N) is 1. The zero-order chi connectivity index (χ0) is 13.5. The minimum absolute atomic E-state index is 0.567. The molecule has 0 amide bonds. The van der Waals surface area contributed by atoms with Gasteiger partial charge in [0.25, 0.3) is 0 Å². The second kappa shape index (κ2) is 7.74. The maximum Gasteiger partial charge on any atom is 0.185 e. The molecule has 0 aliphatic rings. The fraction of sp³-hybridized carbons (Fsp3) is 0.786. The molecule has 4 heteroatoms. The largest absolute Gasteiger partial charge is 0.348 e. The summed E-state index contributed by atoms with van der Waals surface area (Å²) < 4.78 is 0. The molecule has 1 unspecified atom stereocenters. The van der Waals surface area contributed by atoms with Crippen molar-refractivity contribution >= 4 is 16.5 Å². The molecule has 0 radical (unpaired) electrons. The van der Waals surface area contributed by atoms with Crippen LogP contribution < -0.4 is 10.2 Å². The predicted octanol–water partition coefficient (Wildman–Crippen LogP) is 3.44. The fourth-order valence-corrected chi connectivity index (χ4v) is 3.16. The van der Waals surface area contributed by atoms with Crippen LogP contribution in [0.15, 0.2) is 0 Å². The molecule has 1 heterocycles. The van der Waals surface area contributed by atoms with Gasteiger partial charge < -0.3 is 10.2 Å². The molecule has 0 spiro atoms. The number of thiazole rings is 1. The van der Waals surface area contributed by atoms with E-state index in [1.165, 1.54) is 28.5 Å². The first-order chi connectivity index (χ1) is 8.63. The first-order valence-electron chi connectivity index (χ1n) is 7.06. The van der Waals surface area contributed by atoms with E-state index in [9.17, 15) is 0 Å². The Balaban J connectivity index is 2.79. The number of hydrogen-bond donors (Lipinski definition) is 1. The van der Waals surface area contributed by atoms with Gasteiger partial charge in [-0.3, -0.25) is 0 Å². The smallest absolute Gasteiger partial charge is 0.185 e. The molecule has 0 aliphatic heterocycles. The first kappa shape index (κ1) is 15.4. The molecule has 18 heavy (non-hydrogen) atoms. The Morgan fingerprint density at radius 2 is 2.06 bits per heavy atom. The summed E-state index contributed by atoms with van der Waals surface area (Å²) in [6, 6.07) is 0.567. The van der Waals surface area contributed by atoms with E-state index in [0.29, 0.717) is 6.04 Å². The highest BCUT2D eigenvalue weighted by Crippen LogP contribution is 2.28. The van der Waals surface area contributed by atoms with Crippen molar-refractivity contribution in [1.29, 1.82) is 0 Å². The Hall–Kier alpha value is -0.610. The summed E-state index contributed by atoms with van der Waals surface area (Å²) in [5.41, 5.74) is 1.26. The Kier molecular flexibility index (Phi) is 6.65. The summed E-state index contributed by atoms with van der Waals surface area (Å²) in [7, 11) is 2.16. The van der Waals surface area contributed by atoms with E-state index >= 15 is 0 Å². The van der Waals surface area contributed by atoms with Gasteiger partial charge in [-0.15, -0.1) is 11.3 Å². The molecule has 0 aliphatic carbocycles. The van der Waals surface area contributed by atoms with Crippen LogP contribution in [0, 0.1) is 0 Å². The van der Waals surface area contributed by atoms with Crippen LogP contribution >= 0.6 is 11.3 Å². The summed E-state index contributed by atoms with van der Waals surface area (Å²) in [4.78, 5) is 8.50. The van der Waals surface area contributed by atoms with Gasteiger partial charge in [-0.25, -0.2) is 4.98 Å². The molecule has 1 atom stereocenters. The zero-order valence-electron chi connectivity index (χ0n) is 12.4. The van der Waals surface area contributed by atoms with Crippen LogP contribution in [0.3, 0.4) is 0 Å². The number of rotatable bonds is 8. The van der Waals surface area contributed by atoms with Gasteiger partial charge in [-0.2, -0.15) is 0 Å². The van der Waals surface area contributed by atoms with Gasteiger partial charge in [0.2, 0.25) is 0 Å². The van der Waals surface area contributed by atoms with Crippen LogP contribution in [-0.2, 0) is 13.0 Å². The van der Waals surface area contributed by atoms with Gasteiger partial charge in [-0.1, -0.05) is 27.2 Å². The van der Waals surface area contributed by atoms with Gasteiger partial charge in [0.1, 0.15) is 0 Å². The molecule has 3 nitrogen and oxygen atoms in total. The van der Waals surface area contributed by atoms with Gasteiger partial charge in [-0.05, 0) is 26.3 Å². The van der Waals surface area contributed by atoms with E-state index in [1.54, 1.807) is 0 Å². The van der Waals surface area contributed by atoms with Crippen LogP contribution in [0.5, 0.6) is 0 Å². The maximum absolute atomic E-state index is 4.79. The van der Waals surface area contributed by atoms with Gasteiger partial charge in [0.15, 0.2) is 5.13 Å². The molecule has 104 valence electrons. The molecular weight excluding hydrogens is 242 g/mol. The monoisotopic (exact) mass is 269 g/mol. The molecule has 0 bridgehead atoms. The maximum atomic E-state index is 4.79. The summed E-state index contributed by atoms with van der Waals surface area (Å²) >= 11 is 1.84. The number of aromatic nitrogens is 1. The van der Waals surface area contributed by atoms with Crippen molar-refractivity contribution in [2.45, 2.75) is 59.5 Å². The van der Waals surface area contributed by atoms with E-state index in [-0.39, 0.29) is 0 Å². The molecule has 0 saturated heterocycles. The molecule has 1 aromatic heterocycles. The number of hydrogen-bond acceptors (Lipinski definition) is 4. The van der Waals surface area contributed by atoms with Gasteiger partial charge in [0, 0.05) is 24.5 Å². The van der Waals surface area contributed by atoms with E-state index in [0.717, 1.165) is 19.5 Å². The highest BCUT2D eigenvalue weighted by Gasteiger charge is 2.16. The molecule has 0 aromatic carbocycles. The quantitative estimate of drug-likeness (QED) is 0.783. The lowest BCUT2D eigenvalue weighted by Crippen LogP contribution is -2.28. The standard InChI is InChI=1S/C14H27N3S/c1-6-9-11(4)17(5)14-16-12(7-2)13(18-14)10-15-8-3/h11,15H,6-10H2,1-5H3. The van der Waals surface area contributed by atoms with Crippen LogP contribution in [0.25, 0.3) is 0 Å². The average Bonchev–Trinajstić information content (AvgIpc) is 2.78. The van der Waals surface area contributed by atoms with E-state index in [1.807, 2.05) is 11.3 Å². The molecule has 1 rings (SSSR count). The third-order valence-corrected chi connectivity index (χ3v) is 4.49. The number of anilines is 1. The minimum Gasteiger partial charge on any atom is -0.348 e. The minimum atomic E-state index is 0.567. The fourth-order valence-electron chi connectivity index (χ4n) is 1.97. The summed E-state index contributed by atoms with van der Waals surface area (Å²) in [6.07, 6.45) is 3.47. The first-order valence-corrected chi connectivity index (χ1v) is 7.87. The number of aryl methyl sites for hydroxylation is 1. The van der Waals surface area contributed by atoms with Crippen molar-refractivity contribution < 1.29 is 0 Å². The summed E-state index contributed by atoms with van der Waals surface area (Å²) in [6.45, 7) is 10.8. The van der Waals surface area contributed by atoms with E-state index in [4.69, 9.17) is 4.98 Å². The lowest BCUT2D eigenvalue weighted by atomic mass is 10.2. The van der Waals surface area contributed by atoms with Gasteiger partial charge >= 0.3 is 0 Å². The van der Waals surface area contributed by atoms with Crippen LogP contribution in [0.1, 0.15) is 51.1 Å². The van der Waals surface area contributed by atoms with Crippen molar-refractivity contribution in [3.8, 4) is 0 Å². The highest BCUT2D eigenvalue weighted by molar-refractivity contribution is 7.15. The van der Waals surface area contributed by atoms with Crippen molar-refractivity contribution in [3.63, 3.8) is 0 Å². The molecule has 1 aromatic rings. The zero-order valence-corrected chi connectivity index (χ0v) is 13.2. The topological polar surface area (TPSA) is 28.2 Å². The third kappa shape index (κ3) is 3.95. The second-order valence-electron chi connectivity index (χ2n) is 4.75. The Labute approximate surface area is 116 Å². The van der Waals surface area contributed by atoms with Crippen molar-refractivity contribution in [2.24, 2.45) is 0 Å². The summed E-state index contributed by atoms with van der Waals surface area (Å²) in [5.74, 6) is 0. The SMILES string of the molecule is CCCC(C)N(C)c1nc(CC)c(CNCC)s1. The molecule has 0 saturated carbocycles. The van der Waals surface area contributed by atoms with Crippen molar-refractivity contribution in [2.75, 3.05) is 18.5 Å². The van der Waals surface area contributed by atoms with Crippen LogP contribution in [-0.4, -0.2) is 24.6 Å². The predicted molar refractivity (Wildman–Crippen MR) is 81.6 cm³/mol. The van der Waals surface area contributed by atoms with E-state index < -0.39 is 0 Å². The molecule has 1 N–H and O–H groups in total. The van der Waals surface area contributed by atoms with Crippen molar-refractivity contribution in [1.82, 2.24) is 10.3 Å². The number of nitrogens with zero attached hydrogens (tertiary/aromatic N) is 2. The Morgan fingerprint density at radius 3 is 2.61 bits per heavy atom. The van der Waals surface area contributed by atoms with E-state index in [2.05, 4.69) is 45.0 Å². The Bertz CT molecular complexity index is 349. The van der Waals surface area contributed by atoms with Gasteiger partial charge in [0.05, 0.1) is 5.69 Å². The Morgan fingerprint density at radius 1 is 1.33 bits per heavy atom. The lowest BCUT2D eigenvalue weighted by Gasteiger charge is -2.23. The lowest BCUT2D eigenvalue weighted by molar-refractivity contribution is 0.614. The second-order valence-corrected chi connectivity index (χ2v) is 5.81.